The molecule has 0 fully saturated rings. The van der Waals surface area contributed by atoms with E-state index in [0.717, 1.165) is 18.0 Å². The van der Waals surface area contributed by atoms with Crippen LogP contribution in [0.4, 0.5) is 5.82 Å². The molecule has 0 amide bonds. The van der Waals surface area contributed by atoms with Gasteiger partial charge in [0.15, 0.2) is 5.65 Å². The number of hydrogen-bond acceptors (Lipinski definition) is 3. The molecule has 0 aromatic carbocycles. The summed E-state index contributed by atoms with van der Waals surface area (Å²) in [7, 11) is 1.98. The molecule has 0 N–H and O–H groups in total. The van der Waals surface area contributed by atoms with Crippen LogP contribution in [0, 0.1) is 0 Å². The summed E-state index contributed by atoms with van der Waals surface area (Å²) in [6.45, 7) is 4.48. The third-order valence-corrected chi connectivity index (χ3v) is 2.04. The monoisotopic (exact) mass is 188 g/mol. The Kier molecular flexibility index (Phi) is 2.18. The maximum absolute atomic E-state index is 4.43. The zero-order valence-electron chi connectivity index (χ0n) is 8.09. The summed E-state index contributed by atoms with van der Waals surface area (Å²) in [5.74, 6) is 0.929. The Labute approximate surface area is 82.5 Å². The van der Waals surface area contributed by atoms with Crippen LogP contribution in [0.25, 0.3) is 5.65 Å². The molecule has 0 saturated heterocycles. The van der Waals surface area contributed by atoms with Gasteiger partial charge < -0.3 is 4.90 Å². The highest BCUT2D eigenvalue weighted by molar-refractivity contribution is 5.47. The minimum Gasteiger partial charge on any atom is -0.356 e. The maximum Gasteiger partial charge on any atom is 0.157 e. The van der Waals surface area contributed by atoms with Gasteiger partial charge in [0.05, 0.1) is 6.20 Å². The van der Waals surface area contributed by atoms with Gasteiger partial charge in [-0.1, -0.05) is 6.08 Å². The highest BCUT2D eigenvalue weighted by Gasteiger charge is 2.01. The lowest BCUT2D eigenvalue weighted by molar-refractivity contribution is 0.917. The van der Waals surface area contributed by atoms with Gasteiger partial charge in [-0.15, -0.1) is 6.58 Å². The molecule has 14 heavy (non-hydrogen) atoms. The lowest BCUT2D eigenvalue weighted by Crippen LogP contribution is -2.18. The van der Waals surface area contributed by atoms with Crippen molar-refractivity contribution < 1.29 is 0 Å². The Hall–Kier alpha value is -1.84. The van der Waals surface area contributed by atoms with Crippen LogP contribution in [0.15, 0.2) is 37.2 Å². The summed E-state index contributed by atoms with van der Waals surface area (Å²) in [5, 5.41) is 4.08. The number of aromatic nitrogens is 3. The first-order valence-electron chi connectivity index (χ1n) is 4.43. The van der Waals surface area contributed by atoms with E-state index in [1.165, 1.54) is 0 Å². The number of likely N-dealkylation sites (N-methyl/N-ethyl adjacent to an activating group) is 1. The van der Waals surface area contributed by atoms with Crippen LogP contribution in [-0.2, 0) is 0 Å². The van der Waals surface area contributed by atoms with E-state index in [4.69, 9.17) is 0 Å². The van der Waals surface area contributed by atoms with Crippen molar-refractivity contribution in [1.82, 2.24) is 14.6 Å². The first-order valence-corrected chi connectivity index (χ1v) is 4.43. The molecular formula is C10H12N4. The minimum absolute atomic E-state index is 0.789. The van der Waals surface area contributed by atoms with E-state index < -0.39 is 0 Å². The molecule has 2 aromatic heterocycles. The van der Waals surface area contributed by atoms with Gasteiger partial charge in [0, 0.05) is 25.9 Å². The summed E-state index contributed by atoms with van der Waals surface area (Å²) in [5.41, 5.74) is 0.860. The third-order valence-electron chi connectivity index (χ3n) is 2.04. The van der Waals surface area contributed by atoms with E-state index in [1.807, 2.05) is 36.4 Å². The zero-order valence-corrected chi connectivity index (χ0v) is 8.09. The normalized spacial score (nSPS) is 10.4. The Balaban J connectivity index is 2.38. The van der Waals surface area contributed by atoms with Crippen LogP contribution in [-0.4, -0.2) is 28.2 Å². The molecule has 0 bridgehead atoms. The van der Waals surface area contributed by atoms with Crippen molar-refractivity contribution in [2.45, 2.75) is 0 Å². The molecule has 2 rings (SSSR count). The van der Waals surface area contributed by atoms with Gasteiger partial charge in [0.25, 0.3) is 0 Å². The molecule has 72 valence electrons. The molecule has 0 atom stereocenters. The molecular weight excluding hydrogens is 176 g/mol. The Morgan fingerprint density at radius 2 is 2.43 bits per heavy atom. The Bertz CT molecular complexity index is 446. The number of nitrogens with zero attached hydrogens (tertiary/aromatic N) is 4. The zero-order chi connectivity index (χ0) is 9.97. The van der Waals surface area contributed by atoms with Crippen molar-refractivity contribution in [1.29, 1.82) is 0 Å². The lowest BCUT2D eigenvalue weighted by atomic mass is 10.4. The molecule has 4 heteroatoms. The Morgan fingerprint density at radius 1 is 1.57 bits per heavy atom. The van der Waals surface area contributed by atoms with Gasteiger partial charge in [0.1, 0.15) is 5.82 Å². The number of hydrogen-bond donors (Lipinski definition) is 0. The van der Waals surface area contributed by atoms with Crippen LogP contribution >= 0.6 is 0 Å². The first-order chi connectivity index (χ1) is 6.81. The average Bonchev–Trinajstić information content (AvgIpc) is 2.64. The van der Waals surface area contributed by atoms with E-state index in [9.17, 15) is 0 Å². The SMILES string of the molecule is C=CCN(C)c1ccn2nccc2n1. The summed E-state index contributed by atoms with van der Waals surface area (Å²) >= 11 is 0. The fourth-order valence-corrected chi connectivity index (χ4v) is 1.30. The van der Waals surface area contributed by atoms with E-state index in [2.05, 4.69) is 16.7 Å². The molecule has 0 spiro atoms. The molecule has 0 saturated carbocycles. The molecule has 0 unspecified atom stereocenters. The van der Waals surface area contributed by atoms with Crippen LogP contribution in [0.1, 0.15) is 0 Å². The standard InChI is InChI=1S/C10H12N4/c1-3-7-13(2)9-5-8-14-10(12-9)4-6-11-14/h3-6,8H,1,7H2,2H3. The smallest absolute Gasteiger partial charge is 0.157 e. The van der Waals surface area contributed by atoms with Crippen molar-refractivity contribution in [2.24, 2.45) is 0 Å². The fraction of sp³-hybridized carbons (Fsp3) is 0.200. The quantitative estimate of drug-likeness (QED) is 0.682. The maximum atomic E-state index is 4.43. The van der Waals surface area contributed by atoms with E-state index >= 15 is 0 Å². The topological polar surface area (TPSA) is 33.4 Å². The van der Waals surface area contributed by atoms with Crippen LogP contribution < -0.4 is 4.90 Å². The second kappa shape index (κ2) is 3.49. The highest BCUT2D eigenvalue weighted by Crippen LogP contribution is 2.09. The van der Waals surface area contributed by atoms with Crippen LogP contribution in [0.2, 0.25) is 0 Å². The molecule has 2 aromatic rings. The van der Waals surface area contributed by atoms with Crippen molar-refractivity contribution >= 4 is 11.5 Å². The van der Waals surface area contributed by atoms with Gasteiger partial charge in [-0.05, 0) is 6.07 Å². The van der Waals surface area contributed by atoms with Crippen LogP contribution in [0.5, 0.6) is 0 Å². The van der Waals surface area contributed by atoms with Gasteiger partial charge in [-0.3, -0.25) is 0 Å². The molecule has 0 radical (unpaired) electrons. The first kappa shape index (κ1) is 8.74. The predicted octanol–water partition coefficient (Wildman–Crippen LogP) is 1.35. The number of anilines is 1. The number of rotatable bonds is 3. The average molecular weight is 188 g/mol. The lowest BCUT2D eigenvalue weighted by Gasteiger charge is -2.15. The van der Waals surface area contributed by atoms with Crippen molar-refractivity contribution in [3.8, 4) is 0 Å². The minimum atomic E-state index is 0.789. The molecule has 0 aliphatic carbocycles. The van der Waals surface area contributed by atoms with E-state index in [0.29, 0.717) is 0 Å². The highest BCUT2D eigenvalue weighted by atomic mass is 15.3. The van der Waals surface area contributed by atoms with Gasteiger partial charge in [-0.25, -0.2) is 9.50 Å². The number of fused-ring (bicyclic) bond motifs is 1. The summed E-state index contributed by atoms with van der Waals surface area (Å²) in [4.78, 5) is 6.46. The van der Waals surface area contributed by atoms with Crippen molar-refractivity contribution in [3.05, 3.63) is 37.2 Å². The molecule has 0 aliphatic rings. The summed E-state index contributed by atoms with van der Waals surface area (Å²) in [6.07, 6.45) is 5.49. The van der Waals surface area contributed by atoms with Crippen LogP contribution in [0.3, 0.4) is 0 Å². The van der Waals surface area contributed by atoms with E-state index in [-0.39, 0.29) is 0 Å². The molecule has 4 nitrogen and oxygen atoms in total. The van der Waals surface area contributed by atoms with E-state index in [1.54, 1.807) is 10.7 Å². The van der Waals surface area contributed by atoms with Crippen molar-refractivity contribution in [3.63, 3.8) is 0 Å². The molecule has 0 aliphatic heterocycles. The second-order valence-corrected chi connectivity index (χ2v) is 3.09. The van der Waals surface area contributed by atoms with Gasteiger partial charge in [0.2, 0.25) is 0 Å². The fourth-order valence-electron chi connectivity index (χ4n) is 1.30. The third kappa shape index (κ3) is 1.46. The van der Waals surface area contributed by atoms with Gasteiger partial charge in [-0.2, -0.15) is 5.10 Å². The largest absolute Gasteiger partial charge is 0.356 e. The predicted molar refractivity (Wildman–Crippen MR) is 56.5 cm³/mol. The summed E-state index contributed by atoms with van der Waals surface area (Å²) in [6, 6.07) is 3.81. The van der Waals surface area contributed by atoms with Gasteiger partial charge >= 0.3 is 0 Å². The Morgan fingerprint density at radius 3 is 3.21 bits per heavy atom. The van der Waals surface area contributed by atoms with Crippen molar-refractivity contribution in [2.75, 3.05) is 18.5 Å². The summed E-state index contributed by atoms with van der Waals surface area (Å²) < 4.78 is 1.74. The molecule has 2 heterocycles. The second-order valence-electron chi connectivity index (χ2n) is 3.09.